The fraction of sp³-hybridized carbons (Fsp3) is 0.167. The van der Waals surface area contributed by atoms with Gasteiger partial charge >= 0.3 is 0 Å². The van der Waals surface area contributed by atoms with Crippen molar-refractivity contribution in [3.05, 3.63) is 53.6 Å². The lowest BCUT2D eigenvalue weighted by Gasteiger charge is -2.11. The molecule has 0 radical (unpaired) electrons. The number of carbonyl (C=O) groups is 2. The van der Waals surface area contributed by atoms with Gasteiger partial charge in [0.15, 0.2) is 11.5 Å². The number of sulfonamides is 1. The highest BCUT2D eigenvalue weighted by atomic mass is 32.2. The SMILES string of the molecule is COc1ccc(S(=O)(=O)N/N=C/CN2C(=O)c3ccccc3C2=O)cc1OC. The number of nitrogens with one attached hydrogen (secondary N) is 1. The monoisotopic (exact) mass is 403 g/mol. The summed E-state index contributed by atoms with van der Waals surface area (Å²) < 4.78 is 34.8. The van der Waals surface area contributed by atoms with Gasteiger partial charge in [-0.2, -0.15) is 13.5 Å². The lowest BCUT2D eigenvalue weighted by atomic mass is 10.1. The third-order valence-electron chi connectivity index (χ3n) is 4.07. The molecule has 1 heterocycles. The Morgan fingerprint density at radius 2 is 1.61 bits per heavy atom. The van der Waals surface area contributed by atoms with E-state index in [4.69, 9.17) is 9.47 Å². The average Bonchev–Trinajstić information content (AvgIpc) is 2.95. The summed E-state index contributed by atoms with van der Waals surface area (Å²) in [7, 11) is -1.14. The number of hydrogen-bond donors (Lipinski definition) is 1. The quantitative estimate of drug-likeness (QED) is 0.423. The van der Waals surface area contributed by atoms with Gasteiger partial charge in [-0.3, -0.25) is 14.5 Å². The third-order valence-corrected chi connectivity index (χ3v) is 5.29. The van der Waals surface area contributed by atoms with Crippen LogP contribution in [0.25, 0.3) is 0 Å². The van der Waals surface area contributed by atoms with Gasteiger partial charge in [0.1, 0.15) is 0 Å². The maximum Gasteiger partial charge on any atom is 0.276 e. The fourth-order valence-electron chi connectivity index (χ4n) is 2.67. The lowest BCUT2D eigenvalue weighted by molar-refractivity contribution is 0.0679. The minimum absolute atomic E-state index is 0.0805. The zero-order valence-corrected chi connectivity index (χ0v) is 15.9. The predicted molar refractivity (Wildman–Crippen MR) is 100 cm³/mol. The van der Waals surface area contributed by atoms with Gasteiger partial charge in [-0.15, -0.1) is 0 Å². The molecule has 2 aromatic rings. The summed E-state index contributed by atoms with van der Waals surface area (Å²) in [6, 6.07) is 10.5. The van der Waals surface area contributed by atoms with E-state index in [2.05, 4.69) is 5.10 Å². The summed E-state index contributed by atoms with van der Waals surface area (Å²) in [5.74, 6) is -0.263. The van der Waals surface area contributed by atoms with E-state index < -0.39 is 21.8 Å². The van der Waals surface area contributed by atoms with Gasteiger partial charge in [0.25, 0.3) is 21.8 Å². The maximum atomic E-state index is 12.3. The number of nitrogens with zero attached hydrogens (tertiary/aromatic N) is 2. The molecule has 1 aliphatic rings. The molecule has 3 rings (SSSR count). The van der Waals surface area contributed by atoms with Crippen LogP contribution in [0.2, 0.25) is 0 Å². The predicted octanol–water partition coefficient (Wildman–Crippen LogP) is 1.26. The third kappa shape index (κ3) is 3.54. The van der Waals surface area contributed by atoms with Gasteiger partial charge in [0.05, 0.1) is 36.8 Å². The Hall–Kier alpha value is -3.40. The number of fused-ring (bicyclic) bond motifs is 1. The molecule has 9 nitrogen and oxygen atoms in total. The van der Waals surface area contributed by atoms with Crippen LogP contribution in [-0.4, -0.2) is 52.1 Å². The summed E-state index contributed by atoms with van der Waals surface area (Å²) in [6.07, 6.45) is 1.14. The first-order valence-electron chi connectivity index (χ1n) is 8.09. The Bertz CT molecular complexity index is 1030. The number of imide groups is 1. The highest BCUT2D eigenvalue weighted by molar-refractivity contribution is 7.89. The van der Waals surface area contributed by atoms with Gasteiger partial charge in [-0.1, -0.05) is 12.1 Å². The first kappa shape index (κ1) is 19.4. The molecule has 2 amide bonds. The molecular weight excluding hydrogens is 386 g/mol. The van der Waals surface area contributed by atoms with Crippen molar-refractivity contribution >= 4 is 28.1 Å². The topological polar surface area (TPSA) is 114 Å². The van der Waals surface area contributed by atoms with E-state index in [1.54, 1.807) is 24.3 Å². The molecule has 0 unspecified atom stereocenters. The number of benzene rings is 2. The number of methoxy groups -OCH3 is 2. The molecule has 2 aromatic carbocycles. The highest BCUT2D eigenvalue weighted by Crippen LogP contribution is 2.29. The largest absolute Gasteiger partial charge is 0.493 e. The van der Waals surface area contributed by atoms with Crippen LogP contribution in [0.15, 0.2) is 52.5 Å². The first-order valence-corrected chi connectivity index (χ1v) is 9.58. The van der Waals surface area contributed by atoms with Crippen LogP contribution in [0.5, 0.6) is 11.5 Å². The molecule has 1 N–H and O–H groups in total. The van der Waals surface area contributed by atoms with Crippen molar-refractivity contribution < 1.29 is 27.5 Å². The van der Waals surface area contributed by atoms with Gasteiger partial charge in [-0.25, -0.2) is 4.83 Å². The molecule has 28 heavy (non-hydrogen) atoms. The van der Waals surface area contributed by atoms with Crippen molar-refractivity contribution in [1.29, 1.82) is 0 Å². The first-order chi connectivity index (χ1) is 13.4. The molecular formula is C18H17N3O6S. The zero-order chi connectivity index (χ0) is 20.3. The Labute approximate surface area is 161 Å². The molecule has 0 saturated heterocycles. The second-order valence-corrected chi connectivity index (χ2v) is 7.35. The van der Waals surface area contributed by atoms with E-state index in [1.807, 2.05) is 4.83 Å². The standard InChI is InChI=1S/C18H17N3O6S/c1-26-15-8-7-12(11-16(15)27-2)28(24,25)20-19-9-10-21-17(22)13-5-3-4-6-14(13)18(21)23/h3-9,11,20H,10H2,1-2H3/b19-9+. The van der Waals surface area contributed by atoms with E-state index in [0.29, 0.717) is 16.9 Å². The summed E-state index contributed by atoms with van der Waals surface area (Å²) >= 11 is 0. The Balaban J connectivity index is 1.68. The zero-order valence-electron chi connectivity index (χ0n) is 15.1. The van der Waals surface area contributed by atoms with E-state index in [9.17, 15) is 18.0 Å². The van der Waals surface area contributed by atoms with Crippen molar-refractivity contribution in [2.24, 2.45) is 5.10 Å². The van der Waals surface area contributed by atoms with Crippen molar-refractivity contribution in [3.8, 4) is 11.5 Å². The highest BCUT2D eigenvalue weighted by Gasteiger charge is 2.34. The van der Waals surface area contributed by atoms with Crippen LogP contribution < -0.4 is 14.3 Å². The fourth-order valence-corrected chi connectivity index (χ4v) is 3.50. The lowest BCUT2D eigenvalue weighted by Crippen LogP contribution is -2.32. The number of ether oxygens (including phenoxy) is 2. The smallest absolute Gasteiger partial charge is 0.276 e. The van der Waals surface area contributed by atoms with E-state index in [0.717, 1.165) is 11.1 Å². The summed E-state index contributed by atoms with van der Waals surface area (Å²) in [5.41, 5.74) is 0.624. The summed E-state index contributed by atoms with van der Waals surface area (Å²) in [4.78, 5) is 27.4. The maximum absolute atomic E-state index is 12.3. The number of amides is 2. The molecule has 10 heteroatoms. The molecule has 0 aromatic heterocycles. The van der Waals surface area contributed by atoms with Crippen LogP contribution in [0, 0.1) is 0 Å². The molecule has 0 aliphatic carbocycles. The van der Waals surface area contributed by atoms with Crippen LogP contribution in [0.1, 0.15) is 20.7 Å². The van der Waals surface area contributed by atoms with Gasteiger partial charge in [-0.05, 0) is 24.3 Å². The second-order valence-electron chi connectivity index (χ2n) is 5.69. The van der Waals surface area contributed by atoms with E-state index >= 15 is 0 Å². The minimum atomic E-state index is -3.97. The molecule has 0 fully saturated rings. The average molecular weight is 403 g/mol. The Morgan fingerprint density at radius 3 is 2.18 bits per heavy atom. The molecule has 0 saturated carbocycles. The number of hydrazone groups is 1. The van der Waals surface area contributed by atoms with Crippen LogP contribution in [0.3, 0.4) is 0 Å². The molecule has 0 atom stereocenters. The van der Waals surface area contributed by atoms with Crippen molar-refractivity contribution in [3.63, 3.8) is 0 Å². The second kappa shape index (κ2) is 7.69. The molecule has 0 bridgehead atoms. The van der Waals surface area contributed by atoms with Crippen molar-refractivity contribution in [2.75, 3.05) is 20.8 Å². The van der Waals surface area contributed by atoms with E-state index in [1.165, 1.54) is 32.4 Å². The van der Waals surface area contributed by atoms with Crippen molar-refractivity contribution in [1.82, 2.24) is 9.73 Å². The summed E-state index contributed by atoms with van der Waals surface area (Å²) in [6.45, 7) is -0.166. The Kier molecular flexibility index (Phi) is 5.32. The Morgan fingerprint density at radius 1 is 1.00 bits per heavy atom. The number of carbonyl (C=O) groups excluding carboxylic acids is 2. The van der Waals surface area contributed by atoms with Gasteiger partial charge in [0.2, 0.25) is 0 Å². The number of rotatable bonds is 7. The van der Waals surface area contributed by atoms with Gasteiger partial charge in [0, 0.05) is 12.3 Å². The number of hydrogen-bond acceptors (Lipinski definition) is 7. The molecule has 1 aliphatic heterocycles. The van der Waals surface area contributed by atoms with Crippen LogP contribution in [-0.2, 0) is 10.0 Å². The van der Waals surface area contributed by atoms with Crippen LogP contribution >= 0.6 is 0 Å². The molecule has 0 spiro atoms. The van der Waals surface area contributed by atoms with Crippen LogP contribution in [0.4, 0.5) is 0 Å². The van der Waals surface area contributed by atoms with Crippen molar-refractivity contribution in [2.45, 2.75) is 4.90 Å². The van der Waals surface area contributed by atoms with Gasteiger partial charge < -0.3 is 9.47 Å². The molecule has 146 valence electrons. The summed E-state index contributed by atoms with van der Waals surface area (Å²) in [5, 5.41) is 3.63. The normalized spacial score (nSPS) is 13.7. The minimum Gasteiger partial charge on any atom is -0.493 e. The van der Waals surface area contributed by atoms with E-state index in [-0.39, 0.29) is 17.2 Å².